The lowest BCUT2D eigenvalue weighted by molar-refractivity contribution is -0.129. The van der Waals surface area contributed by atoms with Gasteiger partial charge in [0.15, 0.2) is 5.82 Å². The Morgan fingerprint density at radius 2 is 2.19 bits per heavy atom. The Balaban J connectivity index is 1.38. The van der Waals surface area contributed by atoms with Crippen LogP contribution in [-0.4, -0.2) is 38.3 Å². The first-order valence-electron chi connectivity index (χ1n) is 8.35. The molecule has 134 valence electrons. The highest BCUT2D eigenvalue weighted by Crippen LogP contribution is 2.35. The summed E-state index contributed by atoms with van der Waals surface area (Å²) in [5.41, 5.74) is 0.914. The van der Waals surface area contributed by atoms with Gasteiger partial charge in [0, 0.05) is 22.0 Å². The Morgan fingerprint density at radius 3 is 2.96 bits per heavy atom. The molecule has 1 fully saturated rings. The maximum absolute atomic E-state index is 12.7. The van der Waals surface area contributed by atoms with Crippen molar-refractivity contribution in [1.82, 2.24) is 20.1 Å². The standard InChI is InChI=1S/C18H17ClN4OS2/c19-13-7-5-12(6-8-13)17-20-18(22-21-17)26-11-16(24)23-9-1-3-14(23)15-4-2-10-25-15/h2,4-8,10,14H,1,3,9,11H2,(H,20,21,22). The number of hydrogen-bond acceptors (Lipinski definition) is 5. The van der Waals surface area contributed by atoms with Gasteiger partial charge in [-0.25, -0.2) is 4.98 Å². The molecule has 4 rings (SSSR count). The minimum atomic E-state index is 0.142. The molecule has 8 heteroatoms. The van der Waals surface area contributed by atoms with Gasteiger partial charge in [-0.15, -0.1) is 16.4 Å². The molecule has 0 bridgehead atoms. The van der Waals surface area contributed by atoms with E-state index in [9.17, 15) is 4.79 Å². The number of thiophene rings is 1. The van der Waals surface area contributed by atoms with Crippen LogP contribution >= 0.6 is 34.7 Å². The summed E-state index contributed by atoms with van der Waals surface area (Å²) >= 11 is 8.99. The Labute approximate surface area is 164 Å². The number of carbonyl (C=O) groups is 1. The number of thioether (sulfide) groups is 1. The predicted molar refractivity (Wildman–Crippen MR) is 106 cm³/mol. The molecule has 2 aromatic heterocycles. The Hall–Kier alpha value is -1.83. The average Bonchev–Trinajstić information content (AvgIpc) is 3.40. The van der Waals surface area contributed by atoms with Gasteiger partial charge in [-0.05, 0) is 48.6 Å². The first-order chi connectivity index (χ1) is 12.7. The molecule has 0 radical (unpaired) electrons. The molecule has 1 aliphatic rings. The van der Waals surface area contributed by atoms with Gasteiger partial charge >= 0.3 is 0 Å². The van der Waals surface area contributed by atoms with E-state index >= 15 is 0 Å². The number of likely N-dealkylation sites (tertiary alicyclic amines) is 1. The number of aromatic amines is 1. The quantitative estimate of drug-likeness (QED) is 0.629. The van der Waals surface area contributed by atoms with Crippen LogP contribution in [0.4, 0.5) is 0 Å². The fourth-order valence-electron chi connectivity index (χ4n) is 3.10. The molecule has 0 aliphatic carbocycles. The minimum Gasteiger partial charge on any atom is -0.334 e. The van der Waals surface area contributed by atoms with Crippen LogP contribution in [0.3, 0.4) is 0 Å². The molecular weight excluding hydrogens is 388 g/mol. The summed E-state index contributed by atoms with van der Waals surface area (Å²) in [5.74, 6) is 1.16. The fourth-order valence-corrected chi connectivity index (χ4v) is 4.78. The zero-order chi connectivity index (χ0) is 17.9. The number of nitrogens with zero attached hydrogens (tertiary/aromatic N) is 3. The van der Waals surface area contributed by atoms with Gasteiger partial charge in [0.2, 0.25) is 11.1 Å². The third-order valence-electron chi connectivity index (χ3n) is 4.35. The molecule has 1 unspecified atom stereocenters. The second-order valence-corrected chi connectivity index (χ2v) is 8.38. The number of benzene rings is 1. The number of carbonyl (C=O) groups excluding carboxylic acids is 1. The molecule has 1 atom stereocenters. The van der Waals surface area contributed by atoms with Crippen LogP contribution in [0.15, 0.2) is 46.9 Å². The summed E-state index contributed by atoms with van der Waals surface area (Å²) in [6, 6.07) is 11.8. The van der Waals surface area contributed by atoms with E-state index in [0.29, 0.717) is 21.8 Å². The van der Waals surface area contributed by atoms with E-state index in [1.54, 1.807) is 11.3 Å². The zero-order valence-corrected chi connectivity index (χ0v) is 16.3. The lowest BCUT2D eigenvalue weighted by Crippen LogP contribution is -2.31. The van der Waals surface area contributed by atoms with Crippen molar-refractivity contribution in [2.75, 3.05) is 12.3 Å². The van der Waals surface area contributed by atoms with E-state index in [1.165, 1.54) is 16.6 Å². The second-order valence-electron chi connectivity index (χ2n) is 6.02. The van der Waals surface area contributed by atoms with Crippen molar-refractivity contribution < 1.29 is 4.79 Å². The fraction of sp³-hybridized carbons (Fsp3) is 0.278. The van der Waals surface area contributed by atoms with E-state index in [0.717, 1.165) is 24.9 Å². The van der Waals surface area contributed by atoms with Crippen LogP contribution in [0.2, 0.25) is 5.02 Å². The largest absolute Gasteiger partial charge is 0.334 e. The monoisotopic (exact) mass is 404 g/mol. The van der Waals surface area contributed by atoms with Crippen molar-refractivity contribution in [3.63, 3.8) is 0 Å². The lowest BCUT2D eigenvalue weighted by Gasteiger charge is -2.23. The van der Waals surface area contributed by atoms with Crippen molar-refractivity contribution >= 4 is 40.6 Å². The first-order valence-corrected chi connectivity index (χ1v) is 10.6. The summed E-state index contributed by atoms with van der Waals surface area (Å²) < 4.78 is 0. The van der Waals surface area contributed by atoms with Gasteiger partial charge in [-0.1, -0.05) is 29.4 Å². The molecule has 0 saturated carbocycles. The maximum atomic E-state index is 12.7. The Bertz CT molecular complexity index is 879. The molecule has 1 saturated heterocycles. The molecule has 1 amide bonds. The zero-order valence-electron chi connectivity index (χ0n) is 13.9. The van der Waals surface area contributed by atoms with Crippen molar-refractivity contribution in [2.24, 2.45) is 0 Å². The normalized spacial score (nSPS) is 17.0. The molecular formula is C18H17ClN4OS2. The van der Waals surface area contributed by atoms with E-state index in [4.69, 9.17) is 11.6 Å². The second kappa shape index (κ2) is 7.82. The molecule has 1 aliphatic heterocycles. The molecule has 1 N–H and O–H groups in total. The van der Waals surface area contributed by atoms with Crippen LogP contribution in [0.25, 0.3) is 11.4 Å². The number of nitrogens with one attached hydrogen (secondary N) is 1. The summed E-state index contributed by atoms with van der Waals surface area (Å²) in [7, 11) is 0. The molecule has 3 heterocycles. The SMILES string of the molecule is O=C(CSc1n[nH]c(-c2ccc(Cl)cc2)n1)N1CCCC1c1cccs1. The van der Waals surface area contributed by atoms with Gasteiger partial charge < -0.3 is 4.90 Å². The topological polar surface area (TPSA) is 61.9 Å². The molecule has 26 heavy (non-hydrogen) atoms. The predicted octanol–water partition coefficient (Wildman–Crippen LogP) is 4.64. The summed E-state index contributed by atoms with van der Waals surface area (Å²) in [6.07, 6.45) is 2.10. The molecule has 5 nitrogen and oxygen atoms in total. The van der Waals surface area contributed by atoms with Gasteiger partial charge in [0.1, 0.15) is 0 Å². The van der Waals surface area contributed by atoms with Crippen LogP contribution in [-0.2, 0) is 4.79 Å². The van der Waals surface area contributed by atoms with Crippen LogP contribution in [0, 0.1) is 0 Å². The third-order valence-corrected chi connectivity index (χ3v) is 6.41. The maximum Gasteiger partial charge on any atom is 0.233 e. The number of amides is 1. The molecule has 3 aromatic rings. The first kappa shape index (κ1) is 17.6. The number of halogens is 1. The number of rotatable bonds is 5. The van der Waals surface area contributed by atoms with E-state index in [2.05, 4.69) is 26.6 Å². The molecule has 0 spiro atoms. The van der Waals surface area contributed by atoms with Crippen LogP contribution in [0.1, 0.15) is 23.8 Å². The Kier molecular flexibility index (Phi) is 5.28. The smallest absolute Gasteiger partial charge is 0.233 e. The highest BCUT2D eigenvalue weighted by molar-refractivity contribution is 7.99. The minimum absolute atomic E-state index is 0.142. The lowest BCUT2D eigenvalue weighted by atomic mass is 10.2. The van der Waals surface area contributed by atoms with Gasteiger partial charge in [0.05, 0.1) is 11.8 Å². The van der Waals surface area contributed by atoms with Crippen LogP contribution < -0.4 is 0 Å². The summed E-state index contributed by atoms with van der Waals surface area (Å²) in [6.45, 7) is 0.825. The van der Waals surface area contributed by atoms with Crippen molar-refractivity contribution in [2.45, 2.75) is 24.0 Å². The van der Waals surface area contributed by atoms with Gasteiger partial charge in [-0.3, -0.25) is 9.89 Å². The highest BCUT2D eigenvalue weighted by atomic mass is 35.5. The average molecular weight is 405 g/mol. The van der Waals surface area contributed by atoms with Gasteiger partial charge in [0.25, 0.3) is 0 Å². The summed E-state index contributed by atoms with van der Waals surface area (Å²) in [4.78, 5) is 20.4. The number of hydrogen-bond donors (Lipinski definition) is 1. The van der Waals surface area contributed by atoms with Crippen molar-refractivity contribution in [1.29, 1.82) is 0 Å². The van der Waals surface area contributed by atoms with E-state index in [1.807, 2.05) is 35.2 Å². The number of H-pyrrole nitrogens is 1. The van der Waals surface area contributed by atoms with Crippen molar-refractivity contribution in [3.8, 4) is 11.4 Å². The summed E-state index contributed by atoms with van der Waals surface area (Å²) in [5, 5.41) is 10.5. The van der Waals surface area contributed by atoms with Gasteiger partial charge in [-0.2, -0.15) is 0 Å². The van der Waals surface area contributed by atoms with E-state index < -0.39 is 0 Å². The van der Waals surface area contributed by atoms with Crippen LogP contribution in [0.5, 0.6) is 0 Å². The van der Waals surface area contributed by atoms with Crippen molar-refractivity contribution in [3.05, 3.63) is 51.7 Å². The molecule has 1 aromatic carbocycles. The Morgan fingerprint density at radius 1 is 1.35 bits per heavy atom. The third kappa shape index (κ3) is 3.79. The number of aromatic nitrogens is 3. The van der Waals surface area contributed by atoms with E-state index in [-0.39, 0.29) is 11.9 Å². The highest BCUT2D eigenvalue weighted by Gasteiger charge is 2.30.